The summed E-state index contributed by atoms with van der Waals surface area (Å²) in [6.45, 7) is 1.89. The van der Waals surface area contributed by atoms with E-state index in [2.05, 4.69) is 20.4 Å². The minimum absolute atomic E-state index is 0.00355. The van der Waals surface area contributed by atoms with Crippen LogP contribution >= 0.6 is 0 Å². The van der Waals surface area contributed by atoms with Gasteiger partial charge in [0.15, 0.2) is 11.5 Å². The van der Waals surface area contributed by atoms with Crippen molar-refractivity contribution in [1.29, 1.82) is 0 Å². The summed E-state index contributed by atoms with van der Waals surface area (Å²) in [7, 11) is 0. The molecule has 0 aliphatic heterocycles. The van der Waals surface area contributed by atoms with Gasteiger partial charge in [0.25, 0.3) is 11.1 Å². The molecule has 4 N–H and O–H groups in total. The van der Waals surface area contributed by atoms with Crippen molar-refractivity contribution >= 4 is 22.3 Å². The molecule has 9 nitrogen and oxygen atoms in total. The quantitative estimate of drug-likeness (QED) is 0.249. The summed E-state index contributed by atoms with van der Waals surface area (Å²) in [6, 6.07) is 3.22. The Morgan fingerprint density at radius 1 is 1.10 bits per heavy atom. The molecule has 218 valence electrons. The Morgan fingerprint density at radius 3 is 2.46 bits per heavy atom. The number of aromatic amines is 1. The average Bonchev–Trinajstić information content (AvgIpc) is 2.88. The zero-order valence-electron chi connectivity index (χ0n) is 21.2. The number of halogens is 7. The number of H-pyrrole nitrogens is 1. The van der Waals surface area contributed by atoms with Crippen LogP contribution in [0.15, 0.2) is 46.4 Å². The summed E-state index contributed by atoms with van der Waals surface area (Å²) < 4.78 is 95.0. The van der Waals surface area contributed by atoms with Gasteiger partial charge < -0.3 is 15.6 Å². The van der Waals surface area contributed by atoms with Crippen LogP contribution in [0.25, 0.3) is 22.0 Å². The summed E-state index contributed by atoms with van der Waals surface area (Å²) in [5.74, 6) is -1.85. The number of fused-ring (bicyclic) bond motifs is 1. The molecule has 16 heteroatoms. The van der Waals surface area contributed by atoms with E-state index in [0.717, 1.165) is 18.5 Å². The van der Waals surface area contributed by atoms with Gasteiger partial charge in [0.2, 0.25) is 0 Å². The molecule has 0 radical (unpaired) electrons. The fourth-order valence-electron chi connectivity index (χ4n) is 4.33. The molecule has 0 bridgehead atoms. The standard InChI is InChI=1S/C25H22F7N7O2/c1-2-13(36-18-11-35-38-22(40)19(18)24(27,28)29)4-3-6-39-7-5-12-8-15(16(26)9-14(12)23(39)41)17-10-34-20(21(33)37-17)25(30,31)32/h5,7-11,13H,2-4,6H2,1H3,(H2,33,37)(H2,36,38,40). The number of aryl methyl sites for hydroxylation is 1. The number of hydrogen-bond acceptors (Lipinski definition) is 7. The van der Waals surface area contributed by atoms with Gasteiger partial charge in [-0.2, -0.15) is 31.4 Å². The molecule has 0 aliphatic carbocycles. The summed E-state index contributed by atoms with van der Waals surface area (Å²) >= 11 is 0. The summed E-state index contributed by atoms with van der Waals surface area (Å²) in [6.07, 6.45) is -5.59. The van der Waals surface area contributed by atoms with E-state index in [9.17, 15) is 40.3 Å². The number of nitrogens with one attached hydrogen (secondary N) is 2. The topological polar surface area (TPSA) is 132 Å². The van der Waals surface area contributed by atoms with Crippen LogP contribution in [0.2, 0.25) is 0 Å². The normalized spacial score (nSPS) is 13.0. The van der Waals surface area contributed by atoms with E-state index < -0.39 is 58.1 Å². The monoisotopic (exact) mass is 585 g/mol. The minimum atomic E-state index is -4.89. The zero-order valence-corrected chi connectivity index (χ0v) is 21.2. The van der Waals surface area contributed by atoms with Crippen LogP contribution < -0.4 is 22.2 Å². The third-order valence-electron chi connectivity index (χ3n) is 6.35. The number of hydrogen-bond donors (Lipinski definition) is 3. The molecule has 3 aromatic heterocycles. The summed E-state index contributed by atoms with van der Waals surface area (Å²) in [5.41, 5.74) is -0.254. The SMILES string of the molecule is CCC(CCCn1ccc2cc(-c3cnc(C(F)(F)F)c(N)n3)c(F)cc2c1=O)Nc1cn[nH]c(=O)c1C(F)(F)F. The molecule has 0 saturated heterocycles. The van der Waals surface area contributed by atoms with Gasteiger partial charge in [-0.1, -0.05) is 6.92 Å². The highest BCUT2D eigenvalue weighted by Gasteiger charge is 2.38. The number of nitrogen functional groups attached to an aromatic ring is 1. The maximum absolute atomic E-state index is 14.9. The van der Waals surface area contributed by atoms with Crippen LogP contribution in [-0.2, 0) is 18.9 Å². The molecule has 0 spiro atoms. The van der Waals surface area contributed by atoms with E-state index in [0.29, 0.717) is 19.3 Å². The fraction of sp³-hybridized carbons (Fsp3) is 0.320. The number of pyridine rings is 1. The Hall–Kier alpha value is -4.50. The lowest BCUT2D eigenvalue weighted by Crippen LogP contribution is -2.28. The molecule has 0 aliphatic rings. The van der Waals surface area contributed by atoms with Crippen LogP contribution in [0.5, 0.6) is 0 Å². The van der Waals surface area contributed by atoms with E-state index in [4.69, 9.17) is 5.73 Å². The lowest BCUT2D eigenvalue weighted by atomic mass is 10.1. The summed E-state index contributed by atoms with van der Waals surface area (Å²) in [4.78, 5) is 31.6. The van der Waals surface area contributed by atoms with E-state index >= 15 is 0 Å². The van der Waals surface area contributed by atoms with Crippen LogP contribution in [0, 0.1) is 5.82 Å². The van der Waals surface area contributed by atoms with Crippen LogP contribution in [0.4, 0.5) is 42.2 Å². The molecule has 3 heterocycles. The molecule has 4 aromatic rings. The van der Waals surface area contributed by atoms with Gasteiger partial charge in [0.05, 0.1) is 29.2 Å². The third-order valence-corrected chi connectivity index (χ3v) is 6.35. The van der Waals surface area contributed by atoms with Crippen molar-refractivity contribution in [2.75, 3.05) is 11.1 Å². The van der Waals surface area contributed by atoms with Gasteiger partial charge in [0.1, 0.15) is 11.4 Å². The Bertz CT molecular complexity index is 1700. The van der Waals surface area contributed by atoms with Gasteiger partial charge in [-0.3, -0.25) is 9.59 Å². The van der Waals surface area contributed by atoms with Gasteiger partial charge >= 0.3 is 12.4 Å². The van der Waals surface area contributed by atoms with E-state index in [-0.39, 0.29) is 28.6 Å². The third kappa shape index (κ3) is 6.30. The Morgan fingerprint density at radius 2 is 1.83 bits per heavy atom. The Kier molecular flexibility index (Phi) is 8.03. The molecule has 1 unspecified atom stereocenters. The predicted molar refractivity (Wildman–Crippen MR) is 135 cm³/mol. The number of rotatable bonds is 8. The van der Waals surface area contributed by atoms with Crippen molar-refractivity contribution in [2.45, 2.75) is 51.1 Å². The van der Waals surface area contributed by atoms with E-state index in [1.807, 2.05) is 0 Å². The lowest BCUT2D eigenvalue weighted by molar-refractivity contribution is -0.140. The number of nitrogens with two attached hydrogens (primary N) is 1. The first-order chi connectivity index (χ1) is 19.2. The summed E-state index contributed by atoms with van der Waals surface area (Å²) in [5, 5.41) is 8.18. The number of benzene rings is 1. The van der Waals surface area contributed by atoms with Crippen molar-refractivity contribution in [3.63, 3.8) is 0 Å². The molecule has 0 saturated carbocycles. The Labute approximate surface area is 226 Å². The van der Waals surface area contributed by atoms with E-state index in [1.54, 1.807) is 12.0 Å². The van der Waals surface area contributed by atoms with Gasteiger partial charge in [-0.05, 0) is 42.8 Å². The molecule has 0 amide bonds. The van der Waals surface area contributed by atoms with Crippen LogP contribution in [0.1, 0.15) is 37.4 Å². The molecule has 41 heavy (non-hydrogen) atoms. The first-order valence-electron chi connectivity index (χ1n) is 12.1. The highest BCUT2D eigenvalue weighted by atomic mass is 19.4. The first-order valence-corrected chi connectivity index (χ1v) is 12.1. The largest absolute Gasteiger partial charge is 0.437 e. The van der Waals surface area contributed by atoms with E-state index in [1.165, 1.54) is 22.9 Å². The number of anilines is 2. The van der Waals surface area contributed by atoms with Gasteiger partial charge in [0, 0.05) is 24.3 Å². The molecular formula is C25H22F7N7O2. The Balaban J connectivity index is 1.52. The maximum Gasteiger partial charge on any atom is 0.437 e. The number of alkyl halides is 6. The van der Waals surface area contributed by atoms with Crippen LogP contribution in [-0.4, -0.2) is 30.8 Å². The highest BCUT2D eigenvalue weighted by Crippen LogP contribution is 2.34. The fourth-order valence-corrected chi connectivity index (χ4v) is 4.33. The zero-order chi connectivity index (χ0) is 30.1. The van der Waals surface area contributed by atoms with Crippen molar-refractivity contribution in [1.82, 2.24) is 24.7 Å². The van der Waals surface area contributed by atoms with Crippen molar-refractivity contribution < 1.29 is 30.7 Å². The van der Waals surface area contributed by atoms with Crippen molar-refractivity contribution in [3.05, 3.63) is 74.6 Å². The van der Waals surface area contributed by atoms with Crippen LogP contribution in [0.3, 0.4) is 0 Å². The molecule has 0 fully saturated rings. The number of aromatic nitrogens is 5. The maximum atomic E-state index is 14.9. The van der Waals surface area contributed by atoms with Gasteiger partial charge in [-0.15, -0.1) is 0 Å². The van der Waals surface area contributed by atoms with Gasteiger partial charge in [-0.25, -0.2) is 19.5 Å². The smallest absolute Gasteiger partial charge is 0.382 e. The lowest BCUT2D eigenvalue weighted by Gasteiger charge is -2.20. The highest BCUT2D eigenvalue weighted by molar-refractivity contribution is 5.86. The van der Waals surface area contributed by atoms with Crippen molar-refractivity contribution in [3.8, 4) is 11.3 Å². The molecule has 1 aromatic carbocycles. The molecular weight excluding hydrogens is 563 g/mol. The second kappa shape index (κ2) is 11.2. The second-order valence-electron chi connectivity index (χ2n) is 9.10. The minimum Gasteiger partial charge on any atom is -0.382 e. The predicted octanol–water partition coefficient (Wildman–Crippen LogP) is 4.97. The van der Waals surface area contributed by atoms with Crippen molar-refractivity contribution in [2.24, 2.45) is 0 Å². The molecule has 1 atom stereocenters. The second-order valence-corrected chi connectivity index (χ2v) is 9.10. The number of nitrogens with zero attached hydrogens (tertiary/aromatic N) is 4. The average molecular weight is 585 g/mol. The molecule has 4 rings (SSSR count). The first kappa shape index (κ1) is 29.5.